The molecule has 0 saturated heterocycles. The fourth-order valence-corrected chi connectivity index (χ4v) is 0.943. The van der Waals surface area contributed by atoms with Crippen LogP contribution in [0.15, 0.2) is 36.5 Å². The van der Waals surface area contributed by atoms with E-state index in [4.69, 9.17) is 9.47 Å². The van der Waals surface area contributed by atoms with E-state index in [0.717, 1.165) is 12.8 Å². The zero-order chi connectivity index (χ0) is 12.9. The fourth-order valence-electron chi connectivity index (χ4n) is 0.943. The van der Waals surface area contributed by atoms with Crippen LogP contribution in [-0.2, 0) is 14.3 Å². The summed E-state index contributed by atoms with van der Waals surface area (Å²) in [6, 6.07) is 0. The van der Waals surface area contributed by atoms with Crippen LogP contribution in [0.4, 0.5) is 0 Å². The standard InChI is InChI=1S/C14H22O3/c1-4-5-6-7-8-9-10-16-11-12-17-14(15)13(2)3/h6-9H,2,4-5,10-12H2,1,3H3/b7-6+,9-8+. The van der Waals surface area contributed by atoms with Gasteiger partial charge in [0.2, 0.25) is 0 Å². The van der Waals surface area contributed by atoms with Crippen LogP contribution in [-0.4, -0.2) is 25.8 Å². The summed E-state index contributed by atoms with van der Waals surface area (Å²) in [5.41, 5.74) is 0.408. The van der Waals surface area contributed by atoms with Gasteiger partial charge in [-0.05, 0) is 13.3 Å². The molecule has 0 radical (unpaired) electrons. The predicted molar refractivity (Wildman–Crippen MR) is 69.8 cm³/mol. The third-order valence-electron chi connectivity index (χ3n) is 1.86. The zero-order valence-corrected chi connectivity index (χ0v) is 10.8. The highest BCUT2D eigenvalue weighted by Gasteiger charge is 2.01. The Balaban J connectivity index is 3.35. The van der Waals surface area contributed by atoms with E-state index in [2.05, 4.69) is 19.6 Å². The molecule has 0 rings (SSSR count). The molecule has 0 heterocycles. The van der Waals surface area contributed by atoms with Crippen LogP contribution < -0.4 is 0 Å². The Morgan fingerprint density at radius 2 is 1.94 bits per heavy atom. The van der Waals surface area contributed by atoms with Crippen LogP contribution in [0, 0.1) is 0 Å². The number of esters is 1. The molecule has 96 valence electrons. The van der Waals surface area contributed by atoms with Gasteiger partial charge in [-0.3, -0.25) is 0 Å². The van der Waals surface area contributed by atoms with E-state index in [9.17, 15) is 4.79 Å². The molecular weight excluding hydrogens is 216 g/mol. The number of hydrogen-bond acceptors (Lipinski definition) is 3. The molecule has 3 heteroatoms. The first kappa shape index (κ1) is 15.7. The van der Waals surface area contributed by atoms with Gasteiger partial charge in [0.15, 0.2) is 0 Å². The quantitative estimate of drug-likeness (QED) is 0.268. The number of carbonyl (C=O) groups is 1. The van der Waals surface area contributed by atoms with Crippen LogP contribution in [0.3, 0.4) is 0 Å². The maximum Gasteiger partial charge on any atom is 0.333 e. The molecule has 0 aliphatic carbocycles. The van der Waals surface area contributed by atoms with Gasteiger partial charge in [-0.25, -0.2) is 4.79 Å². The third-order valence-corrected chi connectivity index (χ3v) is 1.86. The SMILES string of the molecule is C=C(C)C(=O)OCCOC/C=C/C=C/CCC. The van der Waals surface area contributed by atoms with Gasteiger partial charge in [0.25, 0.3) is 0 Å². The van der Waals surface area contributed by atoms with Crippen LogP contribution in [0.1, 0.15) is 26.7 Å². The molecular formula is C14H22O3. The zero-order valence-electron chi connectivity index (χ0n) is 10.8. The van der Waals surface area contributed by atoms with Gasteiger partial charge in [0.05, 0.1) is 13.2 Å². The summed E-state index contributed by atoms with van der Waals surface area (Å²) in [5, 5.41) is 0. The topological polar surface area (TPSA) is 35.5 Å². The highest BCUT2D eigenvalue weighted by atomic mass is 16.6. The first-order valence-corrected chi connectivity index (χ1v) is 5.90. The Hall–Kier alpha value is -1.35. The van der Waals surface area contributed by atoms with Crippen molar-refractivity contribution in [2.24, 2.45) is 0 Å². The summed E-state index contributed by atoms with van der Waals surface area (Å²) < 4.78 is 10.1. The lowest BCUT2D eigenvalue weighted by Crippen LogP contribution is -2.10. The Labute approximate surface area is 104 Å². The summed E-state index contributed by atoms with van der Waals surface area (Å²) in [5.74, 6) is -0.369. The Morgan fingerprint density at radius 3 is 2.59 bits per heavy atom. The van der Waals surface area contributed by atoms with Gasteiger partial charge in [-0.2, -0.15) is 0 Å². The van der Waals surface area contributed by atoms with E-state index in [1.807, 2.05) is 18.2 Å². The summed E-state index contributed by atoms with van der Waals surface area (Å²) in [7, 11) is 0. The minimum absolute atomic E-state index is 0.269. The van der Waals surface area contributed by atoms with Gasteiger partial charge in [0.1, 0.15) is 6.61 Å². The molecule has 0 atom stereocenters. The highest BCUT2D eigenvalue weighted by molar-refractivity contribution is 5.86. The number of ether oxygens (including phenoxy) is 2. The molecule has 0 aliphatic heterocycles. The lowest BCUT2D eigenvalue weighted by Gasteiger charge is -2.03. The minimum Gasteiger partial charge on any atom is -0.460 e. The summed E-state index contributed by atoms with van der Waals surface area (Å²) in [4.78, 5) is 11.0. The van der Waals surface area contributed by atoms with Crippen molar-refractivity contribution in [2.45, 2.75) is 26.7 Å². The monoisotopic (exact) mass is 238 g/mol. The number of unbranched alkanes of at least 4 members (excludes halogenated alkanes) is 1. The number of rotatable bonds is 9. The van der Waals surface area contributed by atoms with Crippen molar-refractivity contribution >= 4 is 5.97 Å². The number of allylic oxidation sites excluding steroid dienone is 3. The van der Waals surface area contributed by atoms with E-state index in [1.54, 1.807) is 6.92 Å². The van der Waals surface area contributed by atoms with Crippen LogP contribution in [0.25, 0.3) is 0 Å². The summed E-state index contributed by atoms with van der Waals surface area (Å²) in [6.07, 6.45) is 10.3. The molecule has 3 nitrogen and oxygen atoms in total. The molecule has 0 aromatic carbocycles. The Morgan fingerprint density at radius 1 is 1.24 bits per heavy atom. The predicted octanol–water partition coefficient (Wildman–Crippen LogP) is 3.03. The molecule has 17 heavy (non-hydrogen) atoms. The first-order chi connectivity index (χ1) is 8.18. The molecule has 0 N–H and O–H groups in total. The van der Waals surface area contributed by atoms with E-state index in [1.165, 1.54) is 0 Å². The number of hydrogen-bond donors (Lipinski definition) is 0. The normalized spacial score (nSPS) is 11.2. The van der Waals surface area contributed by atoms with Crippen molar-refractivity contribution in [3.8, 4) is 0 Å². The van der Waals surface area contributed by atoms with Crippen molar-refractivity contribution < 1.29 is 14.3 Å². The maximum atomic E-state index is 11.0. The second-order valence-electron chi connectivity index (χ2n) is 3.64. The van der Waals surface area contributed by atoms with Crippen LogP contribution >= 0.6 is 0 Å². The molecule has 0 aliphatic rings. The molecule has 0 spiro atoms. The summed E-state index contributed by atoms with van der Waals surface area (Å²) >= 11 is 0. The number of carbonyl (C=O) groups excluding carboxylic acids is 1. The Bertz CT molecular complexity index is 277. The lowest BCUT2D eigenvalue weighted by molar-refractivity contribution is -0.140. The third kappa shape index (κ3) is 10.9. The highest BCUT2D eigenvalue weighted by Crippen LogP contribution is 1.92. The second-order valence-corrected chi connectivity index (χ2v) is 3.64. The van der Waals surface area contributed by atoms with Crippen molar-refractivity contribution in [1.82, 2.24) is 0 Å². The van der Waals surface area contributed by atoms with Gasteiger partial charge in [-0.1, -0.05) is 44.2 Å². The van der Waals surface area contributed by atoms with E-state index < -0.39 is 0 Å². The van der Waals surface area contributed by atoms with Gasteiger partial charge >= 0.3 is 5.97 Å². The fraction of sp³-hybridized carbons (Fsp3) is 0.500. The average molecular weight is 238 g/mol. The van der Waals surface area contributed by atoms with Crippen LogP contribution in [0.2, 0.25) is 0 Å². The largest absolute Gasteiger partial charge is 0.460 e. The minimum atomic E-state index is -0.369. The van der Waals surface area contributed by atoms with Gasteiger partial charge in [0, 0.05) is 5.57 Å². The van der Waals surface area contributed by atoms with E-state index in [0.29, 0.717) is 18.8 Å². The van der Waals surface area contributed by atoms with Crippen molar-refractivity contribution in [3.63, 3.8) is 0 Å². The molecule has 0 bridgehead atoms. The first-order valence-electron chi connectivity index (χ1n) is 5.90. The lowest BCUT2D eigenvalue weighted by atomic mass is 10.3. The van der Waals surface area contributed by atoms with Gasteiger partial charge < -0.3 is 9.47 Å². The summed E-state index contributed by atoms with van der Waals surface area (Å²) in [6.45, 7) is 8.45. The second kappa shape index (κ2) is 11.1. The van der Waals surface area contributed by atoms with Crippen molar-refractivity contribution in [2.75, 3.05) is 19.8 Å². The van der Waals surface area contributed by atoms with Crippen molar-refractivity contribution in [1.29, 1.82) is 0 Å². The molecule has 0 amide bonds. The van der Waals surface area contributed by atoms with E-state index >= 15 is 0 Å². The molecule has 0 unspecified atom stereocenters. The molecule has 0 fully saturated rings. The smallest absolute Gasteiger partial charge is 0.333 e. The molecule has 0 aromatic heterocycles. The van der Waals surface area contributed by atoms with E-state index in [-0.39, 0.29) is 12.6 Å². The van der Waals surface area contributed by atoms with Crippen molar-refractivity contribution in [3.05, 3.63) is 36.5 Å². The van der Waals surface area contributed by atoms with Gasteiger partial charge in [-0.15, -0.1) is 0 Å². The maximum absolute atomic E-state index is 11.0. The Kier molecular flexibility index (Phi) is 10.3. The molecule has 0 saturated carbocycles. The van der Waals surface area contributed by atoms with Crippen LogP contribution in [0.5, 0.6) is 0 Å². The molecule has 0 aromatic rings. The average Bonchev–Trinajstić information content (AvgIpc) is 2.31.